The lowest BCUT2D eigenvalue weighted by Gasteiger charge is -2.32. The van der Waals surface area contributed by atoms with Crippen LogP contribution in [0.15, 0.2) is 43.1 Å². The molecule has 1 atom stereocenters. The highest BCUT2D eigenvalue weighted by atomic mass is 16.5. The maximum Gasteiger partial charge on any atom is 0.232 e. The normalized spacial score (nSPS) is 19.3. The van der Waals surface area contributed by atoms with Gasteiger partial charge in [0.1, 0.15) is 0 Å². The maximum absolute atomic E-state index is 5.73. The molecule has 0 radical (unpaired) electrons. The Morgan fingerprint density at radius 1 is 1.19 bits per heavy atom. The van der Waals surface area contributed by atoms with Crippen LogP contribution in [0.3, 0.4) is 0 Å². The van der Waals surface area contributed by atoms with Crippen molar-refractivity contribution >= 4 is 0 Å². The molecule has 0 amide bonds. The average Bonchev–Trinajstić information content (AvgIpc) is 2.55. The van der Waals surface area contributed by atoms with Crippen LogP contribution in [0.5, 0.6) is 5.88 Å². The van der Waals surface area contributed by atoms with Gasteiger partial charge < -0.3 is 4.74 Å². The number of hydrogen-bond donors (Lipinski definition) is 0. The zero-order valence-electron chi connectivity index (χ0n) is 12.1. The second kappa shape index (κ2) is 7.13. The molecule has 0 saturated carbocycles. The van der Waals surface area contributed by atoms with E-state index in [-0.39, 0.29) is 0 Å². The molecule has 1 aliphatic heterocycles. The zero-order valence-corrected chi connectivity index (χ0v) is 12.1. The molecule has 0 bridgehead atoms. The molecule has 3 rings (SSSR count). The molecule has 5 heteroatoms. The second-order valence-electron chi connectivity index (χ2n) is 5.46. The van der Waals surface area contributed by atoms with Gasteiger partial charge in [0.05, 0.1) is 12.8 Å². The summed E-state index contributed by atoms with van der Waals surface area (Å²) in [6.07, 6.45) is 11.2. The fourth-order valence-corrected chi connectivity index (χ4v) is 2.74. The minimum atomic E-state index is 0.553. The molecular weight excluding hydrogens is 264 g/mol. The van der Waals surface area contributed by atoms with Gasteiger partial charge in [-0.15, -0.1) is 0 Å². The van der Waals surface area contributed by atoms with Crippen LogP contribution in [0.25, 0.3) is 0 Å². The molecule has 21 heavy (non-hydrogen) atoms. The van der Waals surface area contributed by atoms with E-state index in [4.69, 9.17) is 4.74 Å². The Kier molecular flexibility index (Phi) is 4.74. The third-order valence-electron chi connectivity index (χ3n) is 3.74. The summed E-state index contributed by atoms with van der Waals surface area (Å²) in [7, 11) is 0. The lowest BCUT2D eigenvalue weighted by atomic mass is 9.98. The molecule has 3 heterocycles. The van der Waals surface area contributed by atoms with Crippen LogP contribution in [0.1, 0.15) is 18.4 Å². The van der Waals surface area contributed by atoms with Crippen molar-refractivity contribution in [1.82, 2.24) is 19.9 Å². The Hall–Kier alpha value is -2.01. The third-order valence-corrected chi connectivity index (χ3v) is 3.74. The standard InChI is InChI=1S/C16H20N4O/c1-3-14(9-17-5-1)11-20-8-2-4-15(12-20)13-21-16-10-18-6-7-19-16/h1,3,5-7,9-10,15H,2,4,8,11-13H2. The van der Waals surface area contributed by atoms with Crippen LogP contribution < -0.4 is 4.74 Å². The second-order valence-corrected chi connectivity index (χ2v) is 5.46. The molecule has 0 N–H and O–H groups in total. The van der Waals surface area contributed by atoms with Crippen LogP contribution in [0.4, 0.5) is 0 Å². The van der Waals surface area contributed by atoms with Crippen LogP contribution >= 0.6 is 0 Å². The Bertz CT molecular complexity index is 534. The van der Waals surface area contributed by atoms with Gasteiger partial charge in [0.2, 0.25) is 5.88 Å². The Morgan fingerprint density at radius 2 is 2.14 bits per heavy atom. The number of rotatable bonds is 5. The zero-order chi connectivity index (χ0) is 14.3. The predicted molar refractivity (Wildman–Crippen MR) is 79.8 cm³/mol. The van der Waals surface area contributed by atoms with Gasteiger partial charge in [0.15, 0.2) is 0 Å². The molecule has 1 unspecified atom stereocenters. The Labute approximate surface area is 125 Å². The van der Waals surface area contributed by atoms with E-state index in [0.29, 0.717) is 18.4 Å². The number of ether oxygens (including phenoxy) is 1. The summed E-state index contributed by atoms with van der Waals surface area (Å²) in [5.41, 5.74) is 1.27. The SMILES string of the molecule is c1cncc(CN2CCCC(COc3cnccn3)C2)c1. The van der Waals surface area contributed by atoms with Crippen LogP contribution in [-0.2, 0) is 6.54 Å². The highest BCUT2D eigenvalue weighted by molar-refractivity contribution is 5.08. The summed E-state index contributed by atoms with van der Waals surface area (Å²) in [6, 6.07) is 4.13. The van der Waals surface area contributed by atoms with Gasteiger partial charge in [0.25, 0.3) is 0 Å². The van der Waals surface area contributed by atoms with Crippen molar-refractivity contribution in [3.8, 4) is 5.88 Å². The number of pyridine rings is 1. The first-order valence-corrected chi connectivity index (χ1v) is 7.40. The summed E-state index contributed by atoms with van der Waals surface area (Å²) in [5.74, 6) is 1.17. The Morgan fingerprint density at radius 3 is 2.95 bits per heavy atom. The number of aromatic nitrogens is 3. The molecule has 1 fully saturated rings. The van der Waals surface area contributed by atoms with Gasteiger partial charge in [-0.1, -0.05) is 6.07 Å². The van der Waals surface area contributed by atoms with Crippen LogP contribution in [0, 0.1) is 5.92 Å². The molecule has 110 valence electrons. The molecular formula is C16H20N4O. The molecule has 1 aliphatic rings. The molecule has 1 saturated heterocycles. The topological polar surface area (TPSA) is 51.1 Å². The van der Waals surface area contributed by atoms with Gasteiger partial charge in [-0.25, -0.2) is 4.98 Å². The first kappa shape index (κ1) is 13.9. The van der Waals surface area contributed by atoms with Crippen molar-refractivity contribution in [2.24, 2.45) is 5.92 Å². The first-order valence-electron chi connectivity index (χ1n) is 7.40. The van der Waals surface area contributed by atoms with Crippen molar-refractivity contribution in [3.05, 3.63) is 48.7 Å². The van der Waals surface area contributed by atoms with E-state index in [1.54, 1.807) is 18.6 Å². The average molecular weight is 284 g/mol. The summed E-state index contributed by atoms with van der Waals surface area (Å²) < 4.78 is 5.73. The summed E-state index contributed by atoms with van der Waals surface area (Å²) in [6.45, 7) is 3.89. The van der Waals surface area contributed by atoms with Gasteiger partial charge in [-0.05, 0) is 31.0 Å². The van der Waals surface area contributed by atoms with E-state index >= 15 is 0 Å². The fourth-order valence-electron chi connectivity index (χ4n) is 2.74. The highest BCUT2D eigenvalue weighted by Crippen LogP contribution is 2.19. The van der Waals surface area contributed by atoms with Crippen molar-refractivity contribution in [3.63, 3.8) is 0 Å². The number of nitrogens with zero attached hydrogens (tertiary/aromatic N) is 4. The van der Waals surface area contributed by atoms with Crippen LogP contribution in [0.2, 0.25) is 0 Å². The van der Waals surface area contributed by atoms with Crippen molar-refractivity contribution in [2.75, 3.05) is 19.7 Å². The molecule has 2 aromatic heterocycles. The van der Waals surface area contributed by atoms with E-state index in [1.807, 2.05) is 18.5 Å². The van der Waals surface area contributed by atoms with Gasteiger partial charge in [0, 0.05) is 43.8 Å². The maximum atomic E-state index is 5.73. The molecule has 5 nitrogen and oxygen atoms in total. The third kappa shape index (κ3) is 4.23. The van der Waals surface area contributed by atoms with Crippen LogP contribution in [-0.4, -0.2) is 39.5 Å². The largest absolute Gasteiger partial charge is 0.476 e. The quantitative estimate of drug-likeness (QED) is 0.842. The van der Waals surface area contributed by atoms with Gasteiger partial charge >= 0.3 is 0 Å². The lowest BCUT2D eigenvalue weighted by Crippen LogP contribution is -2.37. The molecule has 0 aromatic carbocycles. The van der Waals surface area contributed by atoms with E-state index in [1.165, 1.54) is 18.4 Å². The first-order chi connectivity index (χ1) is 10.4. The van der Waals surface area contributed by atoms with E-state index in [9.17, 15) is 0 Å². The summed E-state index contributed by atoms with van der Waals surface area (Å²) in [5, 5.41) is 0. The molecule has 0 aliphatic carbocycles. The van der Waals surface area contributed by atoms with Crippen molar-refractivity contribution < 1.29 is 4.74 Å². The minimum Gasteiger partial charge on any atom is -0.476 e. The molecule has 2 aromatic rings. The van der Waals surface area contributed by atoms with Crippen molar-refractivity contribution in [1.29, 1.82) is 0 Å². The fraction of sp³-hybridized carbons (Fsp3) is 0.438. The monoisotopic (exact) mass is 284 g/mol. The minimum absolute atomic E-state index is 0.553. The van der Waals surface area contributed by atoms with Crippen molar-refractivity contribution in [2.45, 2.75) is 19.4 Å². The summed E-state index contributed by atoms with van der Waals surface area (Å²) >= 11 is 0. The van der Waals surface area contributed by atoms with E-state index in [0.717, 1.165) is 19.6 Å². The number of piperidine rings is 1. The molecule has 0 spiro atoms. The summed E-state index contributed by atoms with van der Waals surface area (Å²) in [4.78, 5) is 14.8. The van der Waals surface area contributed by atoms with E-state index in [2.05, 4.69) is 25.9 Å². The van der Waals surface area contributed by atoms with E-state index < -0.39 is 0 Å². The highest BCUT2D eigenvalue weighted by Gasteiger charge is 2.20. The van der Waals surface area contributed by atoms with Gasteiger partial charge in [-0.3, -0.25) is 14.9 Å². The smallest absolute Gasteiger partial charge is 0.232 e. The number of hydrogen-bond acceptors (Lipinski definition) is 5. The van der Waals surface area contributed by atoms with Gasteiger partial charge in [-0.2, -0.15) is 0 Å². The number of likely N-dealkylation sites (tertiary alicyclic amines) is 1. The Balaban J connectivity index is 1.49. The predicted octanol–water partition coefficient (Wildman–Crippen LogP) is 2.16. The lowest BCUT2D eigenvalue weighted by molar-refractivity contribution is 0.123.